The molecule has 0 aliphatic carbocycles. The first-order chi connectivity index (χ1) is 8.41. The molecule has 0 aliphatic heterocycles. The Morgan fingerprint density at radius 1 is 1.50 bits per heavy atom. The molecule has 18 heavy (non-hydrogen) atoms. The van der Waals surface area contributed by atoms with Crippen molar-refractivity contribution in [2.24, 2.45) is 0 Å². The number of benzene rings is 1. The van der Waals surface area contributed by atoms with Gasteiger partial charge in [-0.05, 0) is 37.1 Å². The Bertz CT molecular complexity index is 460. The average Bonchev–Trinajstić information content (AvgIpc) is 2.32. The van der Waals surface area contributed by atoms with Gasteiger partial charge in [-0.2, -0.15) is 0 Å². The summed E-state index contributed by atoms with van der Waals surface area (Å²) in [5.74, 6) is -0.118. The summed E-state index contributed by atoms with van der Waals surface area (Å²) in [6.45, 7) is 4.31. The lowest BCUT2D eigenvalue weighted by molar-refractivity contribution is 0.0953. The predicted molar refractivity (Wildman–Crippen MR) is 76.1 cm³/mol. The van der Waals surface area contributed by atoms with E-state index in [-0.39, 0.29) is 11.2 Å². The van der Waals surface area contributed by atoms with Crippen LogP contribution in [0.25, 0.3) is 0 Å². The Hall–Kier alpha value is -1.36. The molecule has 3 N–H and O–H groups in total. The van der Waals surface area contributed by atoms with E-state index in [2.05, 4.69) is 5.32 Å². The van der Waals surface area contributed by atoms with E-state index in [1.165, 1.54) is 0 Å². The Balaban J connectivity index is 2.50. The van der Waals surface area contributed by atoms with Crippen LogP contribution in [0.15, 0.2) is 18.2 Å². The number of carbonyl (C=O) groups excluding carboxylic acids is 1. The molecule has 0 spiro atoms. The third-order valence-electron chi connectivity index (χ3n) is 2.94. The molecule has 0 fully saturated rings. The van der Waals surface area contributed by atoms with Gasteiger partial charge in [0, 0.05) is 40.1 Å². The van der Waals surface area contributed by atoms with Crippen LogP contribution in [0.4, 0.5) is 5.69 Å². The van der Waals surface area contributed by atoms with Crippen molar-refractivity contribution in [3.8, 4) is 0 Å². The highest BCUT2D eigenvalue weighted by molar-refractivity contribution is 7.84. The monoisotopic (exact) mass is 268 g/mol. The minimum absolute atomic E-state index is 0.0958. The fourth-order valence-corrected chi connectivity index (χ4v) is 1.92. The third kappa shape index (κ3) is 4.14. The normalized spacial score (nSPS) is 13.9. The van der Waals surface area contributed by atoms with Crippen molar-refractivity contribution < 1.29 is 9.00 Å². The minimum Gasteiger partial charge on any atom is -0.399 e. The van der Waals surface area contributed by atoms with Crippen molar-refractivity contribution in [3.63, 3.8) is 0 Å². The molecular formula is C13H20N2O2S. The van der Waals surface area contributed by atoms with E-state index in [0.29, 0.717) is 24.2 Å². The van der Waals surface area contributed by atoms with Gasteiger partial charge >= 0.3 is 0 Å². The van der Waals surface area contributed by atoms with Gasteiger partial charge in [-0.3, -0.25) is 9.00 Å². The van der Waals surface area contributed by atoms with Crippen molar-refractivity contribution >= 4 is 22.4 Å². The molecule has 4 nitrogen and oxygen atoms in total. The first-order valence-electron chi connectivity index (χ1n) is 5.88. The van der Waals surface area contributed by atoms with Gasteiger partial charge in [-0.15, -0.1) is 0 Å². The van der Waals surface area contributed by atoms with E-state index in [4.69, 9.17) is 5.73 Å². The van der Waals surface area contributed by atoms with Crippen molar-refractivity contribution in [1.82, 2.24) is 5.32 Å². The second kappa shape index (κ2) is 6.54. The molecule has 0 saturated heterocycles. The molecule has 0 aliphatic rings. The van der Waals surface area contributed by atoms with Gasteiger partial charge < -0.3 is 11.1 Å². The predicted octanol–water partition coefficient (Wildman–Crippen LogP) is 1.46. The molecule has 2 unspecified atom stereocenters. The molecule has 2 atom stereocenters. The zero-order valence-corrected chi connectivity index (χ0v) is 11.8. The van der Waals surface area contributed by atoms with Crippen LogP contribution >= 0.6 is 0 Å². The van der Waals surface area contributed by atoms with Gasteiger partial charge in [-0.1, -0.05) is 6.92 Å². The van der Waals surface area contributed by atoms with Crippen molar-refractivity contribution in [2.45, 2.75) is 25.5 Å². The SMILES string of the molecule is Cc1cc(C(=O)NCCC(C)S(C)=O)ccc1N. The highest BCUT2D eigenvalue weighted by Gasteiger charge is 2.09. The number of anilines is 1. The average molecular weight is 268 g/mol. The molecule has 0 heterocycles. The number of rotatable bonds is 5. The summed E-state index contributed by atoms with van der Waals surface area (Å²) in [6.07, 6.45) is 2.39. The second-order valence-electron chi connectivity index (χ2n) is 4.43. The Morgan fingerprint density at radius 2 is 2.17 bits per heavy atom. The number of aryl methyl sites for hydroxylation is 1. The molecule has 0 bridgehead atoms. The van der Waals surface area contributed by atoms with Crippen molar-refractivity contribution in [3.05, 3.63) is 29.3 Å². The number of hydrogen-bond acceptors (Lipinski definition) is 3. The lowest BCUT2D eigenvalue weighted by Gasteiger charge is -2.10. The number of nitrogens with two attached hydrogens (primary N) is 1. The maximum atomic E-state index is 11.8. The summed E-state index contributed by atoms with van der Waals surface area (Å²) in [7, 11) is -0.844. The highest BCUT2D eigenvalue weighted by atomic mass is 32.2. The first kappa shape index (κ1) is 14.7. The van der Waals surface area contributed by atoms with Crippen LogP contribution in [0.3, 0.4) is 0 Å². The first-order valence-corrected chi connectivity index (χ1v) is 7.50. The van der Waals surface area contributed by atoms with Gasteiger partial charge in [0.15, 0.2) is 0 Å². The second-order valence-corrected chi connectivity index (χ2v) is 6.23. The maximum absolute atomic E-state index is 11.8. The van der Waals surface area contributed by atoms with Crippen LogP contribution in [0.1, 0.15) is 29.3 Å². The lowest BCUT2D eigenvalue weighted by atomic mass is 10.1. The van der Waals surface area contributed by atoms with Crippen molar-refractivity contribution in [1.29, 1.82) is 0 Å². The maximum Gasteiger partial charge on any atom is 0.251 e. The fraction of sp³-hybridized carbons (Fsp3) is 0.462. The van der Waals surface area contributed by atoms with E-state index in [0.717, 1.165) is 5.56 Å². The van der Waals surface area contributed by atoms with Crippen LogP contribution in [0.5, 0.6) is 0 Å². The Morgan fingerprint density at radius 3 is 2.72 bits per heavy atom. The third-order valence-corrected chi connectivity index (χ3v) is 4.30. The van der Waals surface area contributed by atoms with E-state index in [9.17, 15) is 9.00 Å². The van der Waals surface area contributed by atoms with Gasteiger partial charge in [0.25, 0.3) is 5.91 Å². The summed E-state index contributed by atoms with van der Waals surface area (Å²) >= 11 is 0. The number of carbonyl (C=O) groups is 1. The molecule has 5 heteroatoms. The van der Waals surface area contributed by atoms with Crippen LogP contribution < -0.4 is 11.1 Å². The smallest absolute Gasteiger partial charge is 0.251 e. The minimum atomic E-state index is -0.844. The molecule has 1 rings (SSSR count). The largest absolute Gasteiger partial charge is 0.399 e. The van der Waals surface area contributed by atoms with Gasteiger partial charge in [-0.25, -0.2) is 0 Å². The van der Waals surface area contributed by atoms with Gasteiger partial charge in [0.2, 0.25) is 0 Å². The summed E-state index contributed by atoms with van der Waals surface area (Å²) in [5, 5.41) is 2.91. The standard InChI is InChI=1S/C13H20N2O2S/c1-9-8-11(4-5-12(9)14)13(16)15-7-6-10(2)18(3)17/h4-5,8,10H,6-7,14H2,1-3H3,(H,15,16). The summed E-state index contributed by atoms with van der Waals surface area (Å²) in [4.78, 5) is 11.8. The highest BCUT2D eigenvalue weighted by Crippen LogP contribution is 2.12. The fourth-order valence-electron chi connectivity index (χ4n) is 1.47. The number of nitrogens with one attached hydrogen (secondary N) is 1. The topological polar surface area (TPSA) is 72.2 Å². The molecule has 100 valence electrons. The van der Waals surface area contributed by atoms with Crippen LogP contribution in [0.2, 0.25) is 0 Å². The molecule has 0 radical (unpaired) electrons. The zero-order chi connectivity index (χ0) is 13.7. The lowest BCUT2D eigenvalue weighted by Crippen LogP contribution is -2.27. The molecule has 0 aromatic heterocycles. The van der Waals surface area contributed by atoms with Crippen molar-refractivity contribution in [2.75, 3.05) is 18.5 Å². The van der Waals surface area contributed by atoms with Gasteiger partial charge in [0.05, 0.1) is 0 Å². The van der Waals surface area contributed by atoms with E-state index >= 15 is 0 Å². The van der Waals surface area contributed by atoms with E-state index in [1.54, 1.807) is 24.5 Å². The summed E-state index contributed by atoms with van der Waals surface area (Å²) in [5.41, 5.74) is 7.88. The molecule has 1 amide bonds. The summed E-state index contributed by atoms with van der Waals surface area (Å²) < 4.78 is 11.2. The quantitative estimate of drug-likeness (QED) is 0.794. The number of hydrogen-bond donors (Lipinski definition) is 2. The number of nitrogen functional groups attached to an aromatic ring is 1. The molecule has 1 aromatic carbocycles. The van der Waals surface area contributed by atoms with E-state index in [1.807, 2.05) is 13.8 Å². The van der Waals surface area contributed by atoms with E-state index < -0.39 is 10.8 Å². The van der Waals surface area contributed by atoms with Crippen LogP contribution in [0, 0.1) is 6.92 Å². The zero-order valence-electron chi connectivity index (χ0n) is 11.0. The molecule has 0 saturated carbocycles. The Kier molecular flexibility index (Phi) is 5.34. The Labute approximate surface area is 110 Å². The molecular weight excluding hydrogens is 248 g/mol. The van der Waals surface area contributed by atoms with Gasteiger partial charge in [0.1, 0.15) is 0 Å². The molecule has 1 aromatic rings. The summed E-state index contributed by atoms with van der Waals surface area (Å²) in [6, 6.07) is 5.21. The number of amides is 1. The van der Waals surface area contributed by atoms with Crippen LogP contribution in [-0.4, -0.2) is 28.2 Å². The van der Waals surface area contributed by atoms with Crippen LogP contribution in [-0.2, 0) is 10.8 Å².